The number of pyridine rings is 1. The second-order valence-electron chi connectivity index (χ2n) is 7.63. The van der Waals surface area contributed by atoms with Crippen LogP contribution in [-0.2, 0) is 4.74 Å². The molecule has 0 spiro atoms. The van der Waals surface area contributed by atoms with Crippen LogP contribution < -0.4 is 11.1 Å². The lowest BCUT2D eigenvalue weighted by molar-refractivity contribution is -0.0242. The van der Waals surface area contributed by atoms with E-state index in [1.54, 1.807) is 6.07 Å². The largest absolute Gasteiger partial charge is 0.396 e. The van der Waals surface area contributed by atoms with Gasteiger partial charge in [-0.15, -0.1) is 0 Å². The van der Waals surface area contributed by atoms with Crippen LogP contribution in [-0.4, -0.2) is 47.3 Å². The number of aromatic nitrogens is 1. The van der Waals surface area contributed by atoms with Gasteiger partial charge in [0.15, 0.2) is 5.82 Å². The Balaban J connectivity index is 1.51. The molecule has 3 N–H and O–H groups in total. The van der Waals surface area contributed by atoms with Crippen molar-refractivity contribution in [2.24, 2.45) is 0 Å². The molecule has 1 aliphatic carbocycles. The van der Waals surface area contributed by atoms with E-state index in [2.05, 4.69) is 29.0 Å². The summed E-state index contributed by atoms with van der Waals surface area (Å²) < 4.78 is 5.81. The highest BCUT2D eigenvalue weighted by Crippen LogP contribution is 2.36. The summed E-state index contributed by atoms with van der Waals surface area (Å²) in [4.78, 5) is 7.00. The van der Waals surface area contributed by atoms with E-state index in [0.717, 1.165) is 38.4 Å². The Bertz CT molecular complexity index is 567. The second kappa shape index (κ2) is 8.11. The summed E-state index contributed by atoms with van der Waals surface area (Å²) in [7, 11) is 0. The Morgan fingerprint density at radius 3 is 2.60 bits per heavy atom. The molecular weight excluding hydrogens is 336 g/mol. The predicted octanol–water partition coefficient (Wildman–Crippen LogP) is 3.93. The molecular formula is C19H31ClN4O. The van der Waals surface area contributed by atoms with Gasteiger partial charge in [-0.25, -0.2) is 4.98 Å². The zero-order valence-electron chi connectivity index (χ0n) is 15.4. The third-order valence-corrected chi connectivity index (χ3v) is 6.11. The molecule has 0 amide bonds. The first-order chi connectivity index (χ1) is 12.0. The van der Waals surface area contributed by atoms with E-state index in [1.807, 2.05) is 6.07 Å². The van der Waals surface area contributed by atoms with Gasteiger partial charge in [-0.3, -0.25) is 4.90 Å². The molecule has 1 aliphatic heterocycles. The van der Waals surface area contributed by atoms with Gasteiger partial charge in [0, 0.05) is 31.3 Å². The minimum absolute atomic E-state index is 0.325. The summed E-state index contributed by atoms with van der Waals surface area (Å²) >= 11 is 5.99. The lowest BCUT2D eigenvalue weighted by atomic mass is 9.79. The van der Waals surface area contributed by atoms with E-state index >= 15 is 0 Å². The fourth-order valence-corrected chi connectivity index (χ4v) is 4.40. The van der Waals surface area contributed by atoms with Crippen molar-refractivity contribution in [1.29, 1.82) is 0 Å². The van der Waals surface area contributed by atoms with E-state index in [0.29, 0.717) is 28.5 Å². The third kappa shape index (κ3) is 4.57. The first-order valence-corrected chi connectivity index (χ1v) is 9.93. The number of ether oxygens (including phenoxy) is 1. The first kappa shape index (κ1) is 18.7. The molecule has 1 aromatic rings. The molecule has 2 heterocycles. The van der Waals surface area contributed by atoms with Crippen LogP contribution in [0.4, 0.5) is 11.5 Å². The number of halogens is 1. The molecule has 1 aromatic heterocycles. The standard InChI is InChI=1S/C19H31ClN4O/c1-3-25-15-6-10-19(2,11-7-15)24-12-8-14(9-13-24)22-18-16(21)4-5-17(20)23-18/h4-5,14-15H,3,6-13,21H2,1-2H3,(H,22,23). The van der Waals surface area contributed by atoms with Gasteiger partial charge >= 0.3 is 0 Å². The third-order valence-electron chi connectivity index (χ3n) is 5.90. The van der Waals surface area contributed by atoms with Gasteiger partial charge in [0.1, 0.15) is 5.15 Å². The quantitative estimate of drug-likeness (QED) is 0.773. The van der Waals surface area contributed by atoms with Crippen molar-refractivity contribution < 1.29 is 4.74 Å². The van der Waals surface area contributed by atoms with Crippen LogP contribution in [0.3, 0.4) is 0 Å². The molecule has 2 fully saturated rings. The SMILES string of the molecule is CCOC1CCC(C)(N2CCC(Nc3nc(Cl)ccc3N)CC2)CC1. The molecule has 1 saturated heterocycles. The normalized spacial score (nSPS) is 28.8. The number of nitrogen functional groups attached to an aromatic ring is 1. The number of nitrogens with zero attached hydrogens (tertiary/aromatic N) is 2. The van der Waals surface area contributed by atoms with Gasteiger partial charge in [-0.05, 0) is 64.5 Å². The zero-order valence-corrected chi connectivity index (χ0v) is 16.2. The average molecular weight is 367 g/mol. The number of anilines is 2. The zero-order chi connectivity index (χ0) is 17.9. The minimum atomic E-state index is 0.325. The highest BCUT2D eigenvalue weighted by molar-refractivity contribution is 6.29. The van der Waals surface area contributed by atoms with Crippen molar-refractivity contribution in [3.8, 4) is 0 Å². The van der Waals surface area contributed by atoms with E-state index in [9.17, 15) is 0 Å². The Labute approximate surface area is 156 Å². The van der Waals surface area contributed by atoms with E-state index in [-0.39, 0.29) is 0 Å². The van der Waals surface area contributed by atoms with Crippen molar-refractivity contribution >= 4 is 23.1 Å². The molecule has 0 atom stereocenters. The Morgan fingerprint density at radius 1 is 1.28 bits per heavy atom. The molecule has 0 aromatic carbocycles. The number of nitrogens with two attached hydrogens (primary N) is 1. The fraction of sp³-hybridized carbons (Fsp3) is 0.737. The van der Waals surface area contributed by atoms with Gasteiger partial charge in [0.2, 0.25) is 0 Å². The molecule has 0 radical (unpaired) electrons. The van der Waals surface area contributed by atoms with Crippen LogP contribution in [0.2, 0.25) is 5.15 Å². The number of piperidine rings is 1. The number of rotatable bonds is 5. The van der Waals surface area contributed by atoms with Crippen molar-refractivity contribution in [2.75, 3.05) is 30.7 Å². The maximum absolute atomic E-state index is 6.00. The number of hydrogen-bond acceptors (Lipinski definition) is 5. The highest BCUT2D eigenvalue weighted by atomic mass is 35.5. The molecule has 2 aliphatic rings. The first-order valence-electron chi connectivity index (χ1n) is 9.55. The van der Waals surface area contributed by atoms with Gasteiger partial charge in [0.05, 0.1) is 11.8 Å². The highest BCUT2D eigenvalue weighted by Gasteiger charge is 2.38. The van der Waals surface area contributed by atoms with Crippen molar-refractivity contribution in [3.63, 3.8) is 0 Å². The molecule has 3 rings (SSSR count). The summed E-state index contributed by atoms with van der Waals surface area (Å²) in [6.45, 7) is 7.59. The predicted molar refractivity (Wildman–Crippen MR) is 104 cm³/mol. The van der Waals surface area contributed by atoms with Gasteiger partial charge < -0.3 is 15.8 Å². The Morgan fingerprint density at radius 2 is 1.96 bits per heavy atom. The summed E-state index contributed by atoms with van der Waals surface area (Å²) in [5.41, 5.74) is 6.99. The molecule has 0 bridgehead atoms. The van der Waals surface area contributed by atoms with Gasteiger partial charge in [0.25, 0.3) is 0 Å². The number of hydrogen-bond donors (Lipinski definition) is 2. The van der Waals surface area contributed by atoms with Crippen molar-refractivity contribution in [1.82, 2.24) is 9.88 Å². The number of nitrogens with one attached hydrogen (secondary N) is 1. The molecule has 25 heavy (non-hydrogen) atoms. The van der Waals surface area contributed by atoms with E-state index in [1.165, 1.54) is 25.7 Å². The van der Waals surface area contributed by atoms with Crippen LogP contribution in [0, 0.1) is 0 Å². The molecule has 6 heteroatoms. The van der Waals surface area contributed by atoms with Gasteiger partial charge in [-0.1, -0.05) is 11.6 Å². The lowest BCUT2D eigenvalue weighted by Crippen LogP contribution is -2.53. The van der Waals surface area contributed by atoms with E-state index in [4.69, 9.17) is 22.1 Å². The van der Waals surface area contributed by atoms with Crippen LogP contribution in [0.15, 0.2) is 12.1 Å². The fourth-order valence-electron chi connectivity index (χ4n) is 4.25. The Hall–Kier alpha value is -1.04. The average Bonchev–Trinajstić information content (AvgIpc) is 2.61. The molecule has 0 unspecified atom stereocenters. The van der Waals surface area contributed by atoms with Gasteiger partial charge in [-0.2, -0.15) is 0 Å². The maximum Gasteiger partial charge on any atom is 0.151 e. The molecule has 140 valence electrons. The number of likely N-dealkylation sites (tertiary alicyclic amines) is 1. The van der Waals surface area contributed by atoms with Crippen molar-refractivity contribution in [3.05, 3.63) is 17.3 Å². The van der Waals surface area contributed by atoms with Crippen LogP contribution >= 0.6 is 11.6 Å². The minimum Gasteiger partial charge on any atom is -0.396 e. The monoisotopic (exact) mass is 366 g/mol. The smallest absolute Gasteiger partial charge is 0.151 e. The topological polar surface area (TPSA) is 63.4 Å². The molecule has 1 saturated carbocycles. The van der Waals surface area contributed by atoms with Crippen molar-refractivity contribution in [2.45, 2.75) is 70.1 Å². The van der Waals surface area contributed by atoms with Crippen LogP contribution in [0.25, 0.3) is 0 Å². The lowest BCUT2D eigenvalue weighted by Gasteiger charge is -2.48. The van der Waals surface area contributed by atoms with Crippen LogP contribution in [0.1, 0.15) is 52.4 Å². The Kier molecular flexibility index (Phi) is 6.08. The summed E-state index contributed by atoms with van der Waals surface area (Å²) in [6, 6.07) is 3.95. The van der Waals surface area contributed by atoms with E-state index < -0.39 is 0 Å². The molecule has 5 nitrogen and oxygen atoms in total. The summed E-state index contributed by atoms with van der Waals surface area (Å²) in [6.07, 6.45) is 7.53. The summed E-state index contributed by atoms with van der Waals surface area (Å²) in [5, 5.41) is 3.96. The summed E-state index contributed by atoms with van der Waals surface area (Å²) in [5.74, 6) is 0.717. The second-order valence-corrected chi connectivity index (χ2v) is 8.02. The van der Waals surface area contributed by atoms with Crippen LogP contribution in [0.5, 0.6) is 0 Å². The maximum atomic E-state index is 6.00.